The van der Waals surface area contributed by atoms with Gasteiger partial charge < -0.3 is 14.0 Å². The quantitative estimate of drug-likeness (QED) is 0.367. The number of hydrogen-bond acceptors (Lipinski definition) is 8. The van der Waals surface area contributed by atoms with Crippen molar-refractivity contribution in [3.05, 3.63) is 87.0 Å². The summed E-state index contributed by atoms with van der Waals surface area (Å²) in [4.78, 5) is 37.1. The maximum atomic E-state index is 13.0. The Hall–Kier alpha value is -3.56. The molecule has 0 spiro atoms. The lowest BCUT2D eigenvalue weighted by Gasteiger charge is -2.17. The van der Waals surface area contributed by atoms with E-state index in [0.717, 1.165) is 20.9 Å². The van der Waals surface area contributed by atoms with Crippen molar-refractivity contribution in [2.75, 3.05) is 26.8 Å². The Morgan fingerprint density at radius 1 is 1.11 bits per heavy atom. The van der Waals surface area contributed by atoms with Crippen LogP contribution in [0.1, 0.15) is 26.8 Å². The monoisotopic (exact) mass is 490 g/mol. The fourth-order valence-corrected chi connectivity index (χ4v) is 5.39. The maximum Gasteiger partial charge on any atom is 0.343 e. The van der Waals surface area contributed by atoms with Crippen LogP contribution in [0, 0.1) is 0 Å². The standard InChI is InChI=1S/C26H26N4O4S/c1-33-26(32)25-20-9-12-29(17-23-28-19-7-2-3-8-22(19)35-23)13-14-30(20)24(31)16-21(25)34-15-10-18-6-4-5-11-27-18/h2-8,11,16H,9-10,12-15,17H2,1H3. The first-order chi connectivity index (χ1) is 17.1. The molecule has 0 saturated heterocycles. The van der Waals surface area contributed by atoms with Crippen LogP contribution in [0.4, 0.5) is 0 Å². The van der Waals surface area contributed by atoms with Gasteiger partial charge in [-0.1, -0.05) is 18.2 Å². The molecule has 0 N–H and O–H groups in total. The summed E-state index contributed by atoms with van der Waals surface area (Å²) < 4.78 is 13.8. The lowest BCUT2D eigenvalue weighted by Crippen LogP contribution is -2.29. The van der Waals surface area contributed by atoms with Gasteiger partial charge in [-0.25, -0.2) is 9.78 Å². The molecule has 0 unspecified atom stereocenters. The van der Waals surface area contributed by atoms with Gasteiger partial charge in [0.1, 0.15) is 16.3 Å². The molecule has 1 aliphatic heterocycles. The molecule has 1 aliphatic rings. The molecule has 35 heavy (non-hydrogen) atoms. The van der Waals surface area contributed by atoms with Gasteiger partial charge in [0.25, 0.3) is 5.56 Å². The highest BCUT2D eigenvalue weighted by atomic mass is 32.1. The summed E-state index contributed by atoms with van der Waals surface area (Å²) in [5, 5.41) is 1.04. The Balaban J connectivity index is 1.36. The zero-order valence-corrected chi connectivity index (χ0v) is 20.3. The van der Waals surface area contributed by atoms with E-state index in [0.29, 0.717) is 56.9 Å². The molecule has 3 aromatic heterocycles. The second-order valence-electron chi connectivity index (χ2n) is 8.33. The Morgan fingerprint density at radius 3 is 2.77 bits per heavy atom. The average molecular weight is 491 g/mol. The highest BCUT2D eigenvalue weighted by Gasteiger charge is 2.26. The maximum absolute atomic E-state index is 13.0. The molecule has 4 aromatic rings. The third-order valence-electron chi connectivity index (χ3n) is 6.11. The number of thiazole rings is 1. The van der Waals surface area contributed by atoms with Gasteiger partial charge in [0.15, 0.2) is 0 Å². The molecule has 0 aliphatic carbocycles. The van der Waals surface area contributed by atoms with Crippen molar-refractivity contribution in [3.63, 3.8) is 0 Å². The minimum atomic E-state index is -0.499. The van der Waals surface area contributed by atoms with Gasteiger partial charge in [-0.15, -0.1) is 11.3 Å². The number of aromatic nitrogens is 3. The van der Waals surface area contributed by atoms with E-state index in [1.165, 1.54) is 13.2 Å². The first kappa shape index (κ1) is 23.2. The van der Waals surface area contributed by atoms with Crippen LogP contribution in [0.15, 0.2) is 59.5 Å². The van der Waals surface area contributed by atoms with E-state index in [9.17, 15) is 9.59 Å². The van der Waals surface area contributed by atoms with Gasteiger partial charge in [0.2, 0.25) is 0 Å². The van der Waals surface area contributed by atoms with Crippen molar-refractivity contribution >= 4 is 27.5 Å². The second kappa shape index (κ2) is 10.4. The summed E-state index contributed by atoms with van der Waals surface area (Å²) in [6, 6.07) is 15.2. The first-order valence-electron chi connectivity index (χ1n) is 11.6. The van der Waals surface area contributed by atoms with E-state index in [1.807, 2.05) is 36.4 Å². The van der Waals surface area contributed by atoms with Crippen molar-refractivity contribution in [1.29, 1.82) is 0 Å². The van der Waals surface area contributed by atoms with E-state index in [-0.39, 0.29) is 11.3 Å². The Bertz CT molecular complexity index is 1370. The van der Waals surface area contributed by atoms with Crippen molar-refractivity contribution < 1.29 is 14.3 Å². The molecule has 0 bridgehead atoms. The molecule has 0 fully saturated rings. The largest absolute Gasteiger partial charge is 0.492 e. The molecular weight excluding hydrogens is 464 g/mol. The Labute approximate surface area is 206 Å². The Morgan fingerprint density at radius 2 is 1.97 bits per heavy atom. The molecule has 0 amide bonds. The predicted molar refractivity (Wildman–Crippen MR) is 134 cm³/mol. The summed E-state index contributed by atoms with van der Waals surface area (Å²) in [6.07, 6.45) is 2.82. The molecule has 9 heteroatoms. The molecule has 4 heterocycles. The zero-order valence-electron chi connectivity index (χ0n) is 19.5. The average Bonchev–Trinajstić information content (AvgIpc) is 3.17. The SMILES string of the molecule is COC(=O)c1c(OCCc2ccccn2)cc(=O)n2c1CCN(Cc1nc3ccccc3s1)CC2. The van der Waals surface area contributed by atoms with Crippen LogP contribution < -0.4 is 10.3 Å². The summed E-state index contributed by atoms with van der Waals surface area (Å²) >= 11 is 1.69. The minimum absolute atomic E-state index is 0.178. The first-order valence-corrected chi connectivity index (χ1v) is 12.4. The van der Waals surface area contributed by atoms with Crippen LogP contribution in [0.2, 0.25) is 0 Å². The number of rotatable bonds is 7. The Kier molecular flexibility index (Phi) is 6.87. The minimum Gasteiger partial charge on any atom is -0.492 e. The van der Waals surface area contributed by atoms with Crippen LogP contribution in [-0.4, -0.2) is 52.2 Å². The van der Waals surface area contributed by atoms with E-state index in [2.05, 4.69) is 16.0 Å². The normalized spacial score (nSPS) is 13.9. The van der Waals surface area contributed by atoms with Crippen LogP contribution >= 0.6 is 11.3 Å². The second-order valence-corrected chi connectivity index (χ2v) is 9.45. The highest BCUT2D eigenvalue weighted by molar-refractivity contribution is 7.18. The summed E-state index contributed by atoms with van der Waals surface area (Å²) in [6.45, 7) is 2.86. The molecule has 0 saturated carbocycles. The van der Waals surface area contributed by atoms with Crippen molar-refractivity contribution in [3.8, 4) is 5.75 Å². The number of benzene rings is 1. The molecule has 0 atom stereocenters. The lowest BCUT2D eigenvalue weighted by atomic mass is 10.1. The number of nitrogens with zero attached hydrogens (tertiary/aromatic N) is 4. The van der Waals surface area contributed by atoms with Crippen LogP contribution in [-0.2, 0) is 30.7 Å². The lowest BCUT2D eigenvalue weighted by molar-refractivity contribution is 0.0593. The van der Waals surface area contributed by atoms with Gasteiger partial charge >= 0.3 is 5.97 Å². The van der Waals surface area contributed by atoms with E-state index >= 15 is 0 Å². The smallest absolute Gasteiger partial charge is 0.343 e. The highest BCUT2D eigenvalue weighted by Crippen LogP contribution is 2.26. The van der Waals surface area contributed by atoms with Gasteiger partial charge in [-0.3, -0.25) is 14.7 Å². The van der Waals surface area contributed by atoms with E-state index in [1.54, 1.807) is 22.1 Å². The number of hydrogen-bond donors (Lipinski definition) is 0. The molecule has 180 valence electrons. The van der Waals surface area contributed by atoms with Crippen LogP contribution in [0.25, 0.3) is 10.2 Å². The topological polar surface area (TPSA) is 86.6 Å². The van der Waals surface area contributed by atoms with E-state index < -0.39 is 5.97 Å². The van der Waals surface area contributed by atoms with Crippen molar-refractivity contribution in [1.82, 2.24) is 19.4 Å². The molecule has 1 aromatic carbocycles. The molecule has 5 rings (SSSR count). The van der Waals surface area contributed by atoms with Crippen LogP contribution in [0.5, 0.6) is 5.75 Å². The number of para-hydroxylation sites is 1. The summed E-state index contributed by atoms with van der Waals surface area (Å²) in [5.41, 5.74) is 2.69. The fraction of sp³-hybridized carbons (Fsp3) is 0.308. The number of ether oxygens (including phenoxy) is 2. The number of carbonyl (C=O) groups excluding carboxylic acids is 1. The summed E-state index contributed by atoms with van der Waals surface area (Å²) in [7, 11) is 1.35. The number of carbonyl (C=O) groups is 1. The molecule has 8 nitrogen and oxygen atoms in total. The zero-order chi connectivity index (χ0) is 24.2. The van der Waals surface area contributed by atoms with Gasteiger partial charge in [-0.05, 0) is 24.3 Å². The third kappa shape index (κ3) is 5.11. The van der Waals surface area contributed by atoms with Crippen molar-refractivity contribution in [2.24, 2.45) is 0 Å². The fourth-order valence-electron chi connectivity index (χ4n) is 4.38. The van der Waals surface area contributed by atoms with Gasteiger partial charge in [0, 0.05) is 56.1 Å². The number of fused-ring (bicyclic) bond motifs is 2. The van der Waals surface area contributed by atoms with Crippen LogP contribution in [0.3, 0.4) is 0 Å². The number of methoxy groups -OCH3 is 1. The van der Waals surface area contributed by atoms with Crippen molar-refractivity contribution in [2.45, 2.75) is 25.9 Å². The van der Waals surface area contributed by atoms with E-state index in [4.69, 9.17) is 14.5 Å². The number of esters is 1. The molecule has 0 radical (unpaired) electrons. The van der Waals surface area contributed by atoms with Gasteiger partial charge in [0.05, 0.1) is 30.5 Å². The van der Waals surface area contributed by atoms with Gasteiger partial charge in [-0.2, -0.15) is 0 Å². The third-order valence-corrected chi connectivity index (χ3v) is 7.14. The number of pyridine rings is 2. The predicted octanol–water partition coefficient (Wildman–Crippen LogP) is 3.32. The summed E-state index contributed by atoms with van der Waals surface area (Å²) in [5.74, 6) is -0.232. The molecular formula is C26H26N4O4S.